The zero-order chi connectivity index (χ0) is 12.8. The Bertz CT molecular complexity index is 878. The fourth-order valence-electron chi connectivity index (χ4n) is 2.21. The van der Waals surface area contributed by atoms with Crippen LogP contribution in [-0.2, 0) is 0 Å². The van der Waals surface area contributed by atoms with Gasteiger partial charge < -0.3 is 0 Å². The highest BCUT2D eigenvalue weighted by atomic mass is 79.9. The van der Waals surface area contributed by atoms with Crippen LogP contribution in [0.1, 0.15) is 0 Å². The van der Waals surface area contributed by atoms with Crippen LogP contribution in [0.3, 0.4) is 0 Å². The van der Waals surface area contributed by atoms with Crippen molar-refractivity contribution in [1.29, 1.82) is 0 Å². The van der Waals surface area contributed by atoms with Crippen molar-refractivity contribution in [2.45, 2.75) is 0 Å². The Labute approximate surface area is 139 Å². The van der Waals surface area contributed by atoms with E-state index in [0.29, 0.717) is 0 Å². The number of para-hydroxylation sites is 2. The molecule has 2 heterocycles. The second-order valence-corrected chi connectivity index (χ2v) is 6.28. The van der Waals surface area contributed by atoms with Crippen molar-refractivity contribution >= 4 is 60.2 Å². The van der Waals surface area contributed by atoms with Crippen molar-refractivity contribution in [2.24, 2.45) is 0 Å². The first-order valence-electron chi connectivity index (χ1n) is 5.94. The van der Waals surface area contributed by atoms with Crippen molar-refractivity contribution < 1.29 is 0 Å². The third-order valence-corrected chi connectivity index (χ3v) is 4.70. The van der Waals surface area contributed by atoms with Gasteiger partial charge in [0.25, 0.3) is 0 Å². The third-order valence-electron chi connectivity index (χ3n) is 3.14. The molecule has 0 aliphatic carbocycles. The second kappa shape index (κ2) is 5.31. The summed E-state index contributed by atoms with van der Waals surface area (Å²) < 4.78 is 3.26. The first kappa shape index (κ1) is 13.8. The first-order valence-corrected chi connectivity index (χ1v) is 7.55. The van der Waals surface area contributed by atoms with Gasteiger partial charge in [-0.3, -0.25) is 4.40 Å². The van der Waals surface area contributed by atoms with Crippen molar-refractivity contribution in [3.8, 4) is 10.4 Å². The minimum atomic E-state index is 0. The predicted molar refractivity (Wildman–Crippen MR) is 94.0 cm³/mol. The van der Waals surface area contributed by atoms with Gasteiger partial charge in [-0.15, -0.1) is 17.0 Å². The monoisotopic (exact) mass is 408 g/mol. The van der Waals surface area contributed by atoms with E-state index < -0.39 is 0 Å². The molecule has 0 bridgehead atoms. The van der Waals surface area contributed by atoms with Crippen molar-refractivity contribution in [2.75, 3.05) is 0 Å². The Morgan fingerprint density at radius 1 is 1.00 bits per heavy atom. The molecule has 2 aromatic heterocycles. The normalized spacial score (nSPS) is 10.8. The van der Waals surface area contributed by atoms with Gasteiger partial charge in [-0.25, -0.2) is 4.98 Å². The van der Waals surface area contributed by atoms with Crippen molar-refractivity contribution in [3.63, 3.8) is 0 Å². The summed E-state index contributed by atoms with van der Waals surface area (Å²) in [6, 6.07) is 16.6. The molecule has 0 spiro atoms. The number of aromatic nitrogens is 2. The van der Waals surface area contributed by atoms with E-state index >= 15 is 0 Å². The van der Waals surface area contributed by atoms with Crippen molar-refractivity contribution in [3.05, 3.63) is 59.2 Å². The Morgan fingerprint density at radius 3 is 2.55 bits per heavy atom. The van der Waals surface area contributed by atoms with Crippen LogP contribution in [0.2, 0.25) is 0 Å². The fraction of sp³-hybridized carbons (Fsp3) is 0. The summed E-state index contributed by atoms with van der Waals surface area (Å²) in [6.07, 6.45) is 2.17. The largest absolute Gasteiger partial charge is 0.290 e. The molecule has 0 aliphatic heterocycles. The van der Waals surface area contributed by atoms with E-state index in [1.165, 1.54) is 10.4 Å². The number of benzene rings is 2. The molecule has 2 nitrogen and oxygen atoms in total. The molecular weight excluding hydrogens is 400 g/mol. The molecule has 0 aliphatic rings. The van der Waals surface area contributed by atoms with Crippen LogP contribution in [0.15, 0.2) is 59.2 Å². The smallest absolute Gasteiger partial charge is 0.195 e. The molecular formula is C15H10Br2N2S. The molecule has 5 heteroatoms. The van der Waals surface area contributed by atoms with E-state index in [0.717, 1.165) is 20.5 Å². The summed E-state index contributed by atoms with van der Waals surface area (Å²) in [5, 5.41) is 0. The zero-order valence-electron chi connectivity index (χ0n) is 10.3. The maximum atomic E-state index is 4.65. The van der Waals surface area contributed by atoms with Crippen LogP contribution in [-0.4, -0.2) is 9.38 Å². The molecule has 4 rings (SSSR count). The summed E-state index contributed by atoms with van der Waals surface area (Å²) in [7, 11) is 0. The molecule has 0 atom stereocenters. The van der Waals surface area contributed by atoms with E-state index in [4.69, 9.17) is 0 Å². The number of fused-ring (bicyclic) bond motifs is 3. The highest BCUT2D eigenvalue weighted by Crippen LogP contribution is 2.31. The van der Waals surface area contributed by atoms with Gasteiger partial charge in [0.2, 0.25) is 0 Å². The summed E-state index contributed by atoms with van der Waals surface area (Å²) in [5.41, 5.74) is 3.44. The highest BCUT2D eigenvalue weighted by molar-refractivity contribution is 9.10. The molecule has 20 heavy (non-hydrogen) atoms. The zero-order valence-corrected chi connectivity index (χ0v) is 14.4. The lowest BCUT2D eigenvalue weighted by Gasteiger charge is -1.96. The quantitative estimate of drug-likeness (QED) is 0.402. The van der Waals surface area contributed by atoms with Crippen LogP contribution >= 0.6 is 44.2 Å². The van der Waals surface area contributed by atoms with Gasteiger partial charge in [-0.05, 0) is 29.8 Å². The van der Waals surface area contributed by atoms with Crippen LogP contribution < -0.4 is 0 Å². The third kappa shape index (κ3) is 2.20. The molecule has 2 aromatic carbocycles. The molecule has 0 saturated carbocycles. The SMILES string of the molecule is Br.Brc1ccc(-c2cn3c(nc4ccccc43)s2)cc1. The Kier molecular flexibility index (Phi) is 3.67. The number of thiazole rings is 1. The Morgan fingerprint density at radius 2 is 1.75 bits per heavy atom. The van der Waals surface area contributed by atoms with Crippen molar-refractivity contribution in [1.82, 2.24) is 9.38 Å². The molecule has 0 amide bonds. The van der Waals surface area contributed by atoms with Gasteiger partial charge in [0.05, 0.1) is 15.9 Å². The summed E-state index contributed by atoms with van der Waals surface area (Å²) >= 11 is 5.18. The Balaban J connectivity index is 0.00000121. The first-order chi connectivity index (χ1) is 9.31. The van der Waals surface area contributed by atoms with Gasteiger partial charge in [0.15, 0.2) is 4.96 Å². The number of hydrogen-bond acceptors (Lipinski definition) is 2. The van der Waals surface area contributed by atoms with E-state index in [2.05, 4.69) is 61.8 Å². The molecule has 0 saturated heterocycles. The summed E-state index contributed by atoms with van der Waals surface area (Å²) in [4.78, 5) is 6.93. The second-order valence-electron chi connectivity index (χ2n) is 4.36. The molecule has 0 radical (unpaired) electrons. The summed E-state index contributed by atoms with van der Waals surface area (Å²) in [6.45, 7) is 0. The lowest BCUT2D eigenvalue weighted by atomic mass is 10.2. The number of rotatable bonds is 1. The maximum absolute atomic E-state index is 4.65. The van der Waals surface area contributed by atoms with E-state index in [1.54, 1.807) is 11.3 Å². The number of imidazole rings is 1. The Hall–Kier alpha value is -1.17. The average Bonchev–Trinajstić information content (AvgIpc) is 2.97. The van der Waals surface area contributed by atoms with E-state index in [9.17, 15) is 0 Å². The van der Waals surface area contributed by atoms with Gasteiger partial charge in [0, 0.05) is 10.7 Å². The van der Waals surface area contributed by atoms with Gasteiger partial charge in [-0.1, -0.05) is 51.5 Å². The number of nitrogens with zero attached hydrogens (tertiary/aromatic N) is 2. The molecule has 0 unspecified atom stereocenters. The van der Waals surface area contributed by atoms with E-state index in [1.807, 2.05) is 18.2 Å². The number of halogens is 2. The van der Waals surface area contributed by atoms with Gasteiger partial charge in [-0.2, -0.15) is 0 Å². The maximum Gasteiger partial charge on any atom is 0.195 e. The minimum Gasteiger partial charge on any atom is -0.290 e. The van der Waals surface area contributed by atoms with Gasteiger partial charge >= 0.3 is 0 Å². The molecule has 0 fully saturated rings. The number of hydrogen-bond donors (Lipinski definition) is 0. The van der Waals surface area contributed by atoms with Crippen LogP contribution in [0.4, 0.5) is 0 Å². The van der Waals surface area contributed by atoms with Crippen LogP contribution in [0.25, 0.3) is 26.4 Å². The van der Waals surface area contributed by atoms with Crippen LogP contribution in [0, 0.1) is 0 Å². The highest BCUT2D eigenvalue weighted by Gasteiger charge is 2.09. The van der Waals surface area contributed by atoms with Crippen LogP contribution in [0.5, 0.6) is 0 Å². The summed E-state index contributed by atoms with van der Waals surface area (Å²) in [5.74, 6) is 0. The van der Waals surface area contributed by atoms with E-state index in [-0.39, 0.29) is 17.0 Å². The standard InChI is InChI=1S/C15H9BrN2S.BrH/c16-11-7-5-10(6-8-11)14-9-18-13-4-2-1-3-12(13)17-15(18)19-14;/h1-9H;1H. The topological polar surface area (TPSA) is 17.3 Å². The lowest BCUT2D eigenvalue weighted by molar-refractivity contribution is 1.28. The fourth-order valence-corrected chi connectivity index (χ4v) is 3.48. The molecule has 100 valence electrons. The van der Waals surface area contributed by atoms with Gasteiger partial charge in [0.1, 0.15) is 0 Å². The lowest BCUT2D eigenvalue weighted by Crippen LogP contribution is -1.76. The molecule has 4 aromatic rings. The predicted octanol–water partition coefficient (Wildman–Crippen LogP) is 5.56. The average molecular weight is 410 g/mol. The minimum absolute atomic E-state index is 0. The molecule has 0 N–H and O–H groups in total.